The summed E-state index contributed by atoms with van der Waals surface area (Å²) in [6.07, 6.45) is 6.86. The van der Waals surface area contributed by atoms with Gasteiger partial charge in [0.25, 0.3) is 0 Å². The Hall–Kier alpha value is -1.88. The number of hydrogen-bond acceptors (Lipinski definition) is 3. The molecule has 136 valence electrons. The summed E-state index contributed by atoms with van der Waals surface area (Å²) in [4.78, 5) is 29.0. The SMILES string of the molecule is C[C@H]1CC(=O)Nc2ccccc2N1C(=O)CN(C)CC1CCCCC1. The number of carbonyl (C=O) groups is 2. The fourth-order valence-electron chi connectivity index (χ4n) is 4.15. The molecule has 1 N–H and O–H groups in total. The third-order valence-corrected chi connectivity index (χ3v) is 5.33. The molecule has 0 spiro atoms. The van der Waals surface area contributed by atoms with E-state index in [4.69, 9.17) is 0 Å². The molecule has 0 saturated heterocycles. The molecule has 1 heterocycles. The van der Waals surface area contributed by atoms with E-state index in [1.54, 1.807) is 4.90 Å². The van der Waals surface area contributed by atoms with E-state index in [0.717, 1.165) is 17.9 Å². The summed E-state index contributed by atoms with van der Waals surface area (Å²) >= 11 is 0. The minimum Gasteiger partial charge on any atom is -0.324 e. The number of benzene rings is 1. The van der Waals surface area contributed by atoms with E-state index in [1.807, 2.05) is 38.2 Å². The molecule has 5 nitrogen and oxygen atoms in total. The van der Waals surface area contributed by atoms with Gasteiger partial charge in [-0.2, -0.15) is 0 Å². The summed E-state index contributed by atoms with van der Waals surface area (Å²) < 4.78 is 0. The van der Waals surface area contributed by atoms with Gasteiger partial charge in [-0.25, -0.2) is 0 Å². The highest BCUT2D eigenvalue weighted by molar-refractivity contribution is 6.04. The summed E-state index contributed by atoms with van der Waals surface area (Å²) in [6.45, 7) is 3.32. The zero-order valence-corrected chi connectivity index (χ0v) is 15.3. The maximum atomic E-state index is 13.0. The second kappa shape index (κ2) is 8.00. The Morgan fingerprint density at radius 3 is 2.72 bits per heavy atom. The Morgan fingerprint density at radius 1 is 1.24 bits per heavy atom. The van der Waals surface area contributed by atoms with Crippen LogP contribution in [0.5, 0.6) is 0 Å². The number of para-hydroxylation sites is 2. The van der Waals surface area contributed by atoms with Gasteiger partial charge in [0.05, 0.1) is 17.9 Å². The van der Waals surface area contributed by atoms with E-state index < -0.39 is 0 Å². The average Bonchev–Trinajstić information content (AvgIpc) is 2.69. The first-order chi connectivity index (χ1) is 12.0. The number of anilines is 2. The van der Waals surface area contributed by atoms with Gasteiger partial charge < -0.3 is 10.2 Å². The lowest BCUT2D eigenvalue weighted by molar-refractivity contribution is -0.120. The summed E-state index contributed by atoms with van der Waals surface area (Å²) in [7, 11) is 2.03. The zero-order valence-electron chi connectivity index (χ0n) is 15.3. The van der Waals surface area contributed by atoms with Crippen LogP contribution in [0.1, 0.15) is 45.4 Å². The molecule has 25 heavy (non-hydrogen) atoms. The van der Waals surface area contributed by atoms with Crippen molar-refractivity contribution in [3.8, 4) is 0 Å². The van der Waals surface area contributed by atoms with Crippen molar-refractivity contribution < 1.29 is 9.59 Å². The van der Waals surface area contributed by atoms with Crippen LogP contribution in [0.3, 0.4) is 0 Å². The quantitative estimate of drug-likeness (QED) is 0.913. The second-order valence-corrected chi connectivity index (χ2v) is 7.58. The summed E-state index contributed by atoms with van der Waals surface area (Å²) in [6, 6.07) is 7.43. The smallest absolute Gasteiger partial charge is 0.241 e. The molecule has 2 amide bonds. The van der Waals surface area contributed by atoms with Gasteiger partial charge in [0.2, 0.25) is 11.8 Å². The molecular formula is C20H29N3O2. The van der Waals surface area contributed by atoms with Crippen LogP contribution >= 0.6 is 0 Å². The van der Waals surface area contributed by atoms with Crippen LogP contribution in [0.15, 0.2) is 24.3 Å². The molecule has 1 atom stereocenters. The molecule has 1 aliphatic carbocycles. The number of rotatable bonds is 4. The Labute approximate surface area is 150 Å². The van der Waals surface area contributed by atoms with Crippen molar-refractivity contribution in [3.63, 3.8) is 0 Å². The van der Waals surface area contributed by atoms with E-state index in [-0.39, 0.29) is 17.9 Å². The normalized spacial score (nSPS) is 21.6. The van der Waals surface area contributed by atoms with Crippen molar-refractivity contribution >= 4 is 23.2 Å². The van der Waals surface area contributed by atoms with Crippen LogP contribution in [0.25, 0.3) is 0 Å². The van der Waals surface area contributed by atoms with Crippen molar-refractivity contribution in [1.29, 1.82) is 0 Å². The predicted octanol–water partition coefficient (Wildman–Crippen LogP) is 3.26. The number of fused-ring (bicyclic) bond motifs is 1. The van der Waals surface area contributed by atoms with E-state index in [0.29, 0.717) is 18.9 Å². The molecule has 1 aromatic carbocycles. The number of amides is 2. The third-order valence-electron chi connectivity index (χ3n) is 5.33. The number of hydrogen-bond donors (Lipinski definition) is 1. The Bertz CT molecular complexity index is 625. The molecule has 1 saturated carbocycles. The van der Waals surface area contributed by atoms with Gasteiger partial charge in [0, 0.05) is 19.0 Å². The van der Waals surface area contributed by atoms with Crippen molar-refractivity contribution in [2.75, 3.05) is 30.4 Å². The minimum atomic E-state index is -0.140. The fourth-order valence-corrected chi connectivity index (χ4v) is 4.15. The van der Waals surface area contributed by atoms with E-state index >= 15 is 0 Å². The van der Waals surface area contributed by atoms with Crippen molar-refractivity contribution in [1.82, 2.24) is 4.90 Å². The molecule has 3 rings (SSSR count). The number of nitrogens with one attached hydrogen (secondary N) is 1. The van der Waals surface area contributed by atoms with Gasteiger partial charge in [0.1, 0.15) is 0 Å². The maximum absolute atomic E-state index is 13.0. The lowest BCUT2D eigenvalue weighted by Crippen LogP contribution is -2.45. The molecule has 5 heteroatoms. The first-order valence-electron chi connectivity index (χ1n) is 9.44. The molecule has 0 bridgehead atoms. The monoisotopic (exact) mass is 343 g/mol. The lowest BCUT2D eigenvalue weighted by atomic mass is 9.89. The van der Waals surface area contributed by atoms with Gasteiger partial charge in [-0.15, -0.1) is 0 Å². The van der Waals surface area contributed by atoms with Crippen molar-refractivity contribution in [2.24, 2.45) is 5.92 Å². The number of likely N-dealkylation sites (N-methyl/N-ethyl adjacent to an activating group) is 1. The van der Waals surface area contributed by atoms with Crippen LogP contribution in [0.2, 0.25) is 0 Å². The molecule has 0 radical (unpaired) electrons. The van der Waals surface area contributed by atoms with Crippen LogP contribution in [-0.2, 0) is 9.59 Å². The first kappa shape index (κ1) is 17.9. The molecule has 1 aromatic rings. The lowest BCUT2D eigenvalue weighted by Gasteiger charge is -2.31. The van der Waals surface area contributed by atoms with Crippen LogP contribution in [-0.4, -0.2) is 42.9 Å². The van der Waals surface area contributed by atoms with Crippen molar-refractivity contribution in [3.05, 3.63) is 24.3 Å². The van der Waals surface area contributed by atoms with Crippen LogP contribution in [0, 0.1) is 5.92 Å². The predicted molar refractivity (Wildman–Crippen MR) is 101 cm³/mol. The molecule has 2 aliphatic rings. The number of nitrogens with zero attached hydrogens (tertiary/aromatic N) is 2. The Balaban J connectivity index is 1.70. The van der Waals surface area contributed by atoms with Crippen LogP contribution < -0.4 is 10.2 Å². The minimum absolute atomic E-state index is 0.0363. The van der Waals surface area contributed by atoms with Gasteiger partial charge in [-0.3, -0.25) is 14.5 Å². The Kier molecular flexibility index (Phi) is 5.74. The number of carbonyl (C=O) groups excluding carboxylic acids is 2. The highest BCUT2D eigenvalue weighted by atomic mass is 16.2. The molecule has 1 aliphatic heterocycles. The summed E-state index contributed by atoms with van der Waals surface area (Å²) in [5, 5.41) is 2.91. The molecular weight excluding hydrogens is 314 g/mol. The highest BCUT2D eigenvalue weighted by Gasteiger charge is 2.30. The van der Waals surface area contributed by atoms with Gasteiger partial charge in [-0.05, 0) is 44.9 Å². The second-order valence-electron chi connectivity index (χ2n) is 7.58. The Morgan fingerprint density at radius 2 is 1.96 bits per heavy atom. The van der Waals surface area contributed by atoms with Gasteiger partial charge in [-0.1, -0.05) is 31.4 Å². The van der Waals surface area contributed by atoms with Gasteiger partial charge >= 0.3 is 0 Å². The summed E-state index contributed by atoms with van der Waals surface area (Å²) in [5.41, 5.74) is 1.53. The average molecular weight is 343 g/mol. The summed E-state index contributed by atoms with van der Waals surface area (Å²) in [5.74, 6) is 0.740. The van der Waals surface area contributed by atoms with E-state index in [1.165, 1.54) is 32.1 Å². The van der Waals surface area contributed by atoms with E-state index in [2.05, 4.69) is 10.2 Å². The third kappa shape index (κ3) is 4.40. The highest BCUT2D eigenvalue weighted by Crippen LogP contribution is 2.31. The van der Waals surface area contributed by atoms with Gasteiger partial charge in [0.15, 0.2) is 0 Å². The largest absolute Gasteiger partial charge is 0.324 e. The van der Waals surface area contributed by atoms with Crippen molar-refractivity contribution in [2.45, 2.75) is 51.5 Å². The molecule has 1 fully saturated rings. The zero-order chi connectivity index (χ0) is 17.8. The van der Waals surface area contributed by atoms with E-state index in [9.17, 15) is 9.59 Å². The topological polar surface area (TPSA) is 52.7 Å². The maximum Gasteiger partial charge on any atom is 0.241 e. The standard InChI is InChI=1S/C20H29N3O2/c1-15-12-19(24)21-17-10-6-7-11-18(17)23(15)20(25)14-22(2)13-16-8-4-3-5-9-16/h6-7,10-11,15-16H,3-5,8-9,12-14H2,1-2H3,(H,21,24)/t15-/m0/s1. The molecule has 0 unspecified atom stereocenters. The fraction of sp³-hybridized carbons (Fsp3) is 0.600. The molecule has 0 aromatic heterocycles. The van der Waals surface area contributed by atoms with Crippen LogP contribution in [0.4, 0.5) is 11.4 Å². The first-order valence-corrected chi connectivity index (χ1v) is 9.44.